The molecular formula is C8H16N4S. The molecule has 0 aliphatic carbocycles. The molecule has 0 amide bonds. The van der Waals surface area contributed by atoms with Gasteiger partial charge in [0.25, 0.3) is 0 Å². The van der Waals surface area contributed by atoms with E-state index >= 15 is 0 Å². The van der Waals surface area contributed by atoms with Crippen LogP contribution in [0.25, 0.3) is 0 Å². The van der Waals surface area contributed by atoms with Crippen molar-refractivity contribution < 1.29 is 0 Å². The number of nitrogens with zero attached hydrogens (tertiary/aromatic N) is 2. The fourth-order valence-electron chi connectivity index (χ4n) is 0.971. The number of H-pyrrole nitrogens is 1. The van der Waals surface area contributed by atoms with Crippen LogP contribution in [0.15, 0.2) is 5.16 Å². The number of rotatable bonds is 5. The van der Waals surface area contributed by atoms with Gasteiger partial charge in [-0.3, -0.25) is 5.10 Å². The maximum atomic E-state index is 5.38. The molecule has 4 nitrogen and oxygen atoms in total. The topological polar surface area (TPSA) is 67.6 Å². The molecule has 0 saturated heterocycles. The molecule has 13 heavy (non-hydrogen) atoms. The van der Waals surface area contributed by atoms with Crippen LogP contribution in [0.3, 0.4) is 0 Å². The van der Waals surface area contributed by atoms with Gasteiger partial charge in [-0.15, -0.1) is 5.10 Å². The van der Waals surface area contributed by atoms with Crippen LogP contribution in [-0.2, 0) is 6.42 Å². The van der Waals surface area contributed by atoms with Gasteiger partial charge in [0.15, 0.2) is 0 Å². The number of hydrogen-bond donors (Lipinski definition) is 2. The zero-order valence-electron chi connectivity index (χ0n) is 8.08. The van der Waals surface area contributed by atoms with Crippen LogP contribution in [0.1, 0.15) is 19.7 Å². The number of hydrogen-bond acceptors (Lipinski definition) is 4. The fourth-order valence-corrected chi connectivity index (χ4v) is 1.56. The highest BCUT2D eigenvalue weighted by atomic mass is 32.2. The molecule has 0 unspecified atom stereocenters. The summed E-state index contributed by atoms with van der Waals surface area (Å²) in [5, 5.41) is 7.81. The second-order valence-corrected chi connectivity index (χ2v) is 4.36. The number of nitrogens with two attached hydrogens (primary N) is 1. The lowest BCUT2D eigenvalue weighted by Gasteiger charge is -1.97. The molecule has 1 aromatic heterocycles. The molecule has 0 saturated carbocycles. The van der Waals surface area contributed by atoms with Crippen molar-refractivity contribution in [1.82, 2.24) is 15.2 Å². The lowest BCUT2D eigenvalue weighted by molar-refractivity contribution is 0.622. The van der Waals surface area contributed by atoms with Crippen molar-refractivity contribution in [2.75, 3.05) is 12.3 Å². The maximum absolute atomic E-state index is 5.38. The number of nitrogens with one attached hydrogen (secondary N) is 1. The average molecular weight is 200 g/mol. The first-order chi connectivity index (χ1) is 6.22. The quantitative estimate of drug-likeness (QED) is 0.697. The molecule has 74 valence electrons. The predicted octanol–water partition coefficient (Wildman–Crippen LogP) is 1.05. The lowest BCUT2D eigenvalue weighted by Crippen LogP contribution is -2.01. The monoisotopic (exact) mass is 200 g/mol. The summed E-state index contributed by atoms with van der Waals surface area (Å²) in [7, 11) is 0. The summed E-state index contributed by atoms with van der Waals surface area (Å²) in [6.07, 6.45) is 0.955. The first-order valence-electron chi connectivity index (χ1n) is 4.46. The Morgan fingerprint density at radius 3 is 2.92 bits per heavy atom. The smallest absolute Gasteiger partial charge is 0.208 e. The number of thioether (sulfide) groups is 1. The molecule has 0 atom stereocenters. The average Bonchev–Trinajstić information content (AvgIpc) is 2.48. The van der Waals surface area contributed by atoms with Gasteiger partial charge in [0.05, 0.1) is 0 Å². The third kappa shape index (κ3) is 3.78. The van der Waals surface area contributed by atoms with E-state index in [0.29, 0.717) is 12.5 Å². The van der Waals surface area contributed by atoms with E-state index in [4.69, 9.17) is 5.73 Å². The summed E-state index contributed by atoms with van der Waals surface area (Å²) in [5.74, 6) is 2.45. The Bertz CT molecular complexity index is 246. The van der Waals surface area contributed by atoms with Gasteiger partial charge in [0.1, 0.15) is 5.82 Å². The van der Waals surface area contributed by atoms with Gasteiger partial charge in [-0.25, -0.2) is 4.98 Å². The zero-order valence-corrected chi connectivity index (χ0v) is 8.90. The van der Waals surface area contributed by atoms with E-state index in [9.17, 15) is 0 Å². The van der Waals surface area contributed by atoms with Gasteiger partial charge in [0.2, 0.25) is 5.16 Å². The molecule has 1 aromatic rings. The van der Waals surface area contributed by atoms with E-state index < -0.39 is 0 Å². The fraction of sp³-hybridized carbons (Fsp3) is 0.750. The summed E-state index contributed by atoms with van der Waals surface area (Å²) in [6, 6.07) is 0. The molecule has 0 spiro atoms. The first-order valence-corrected chi connectivity index (χ1v) is 5.45. The van der Waals surface area contributed by atoms with E-state index in [1.54, 1.807) is 11.8 Å². The minimum atomic E-state index is 0.611. The van der Waals surface area contributed by atoms with Crippen molar-refractivity contribution in [3.05, 3.63) is 5.82 Å². The standard InChI is InChI=1S/C8H16N4S/c1-6(2)5-7-10-8(12-11-7)13-4-3-9/h6H,3-5,9H2,1-2H3,(H,10,11,12). The molecule has 0 aliphatic heterocycles. The summed E-state index contributed by atoms with van der Waals surface area (Å²) in [4.78, 5) is 4.33. The van der Waals surface area contributed by atoms with Gasteiger partial charge in [-0.2, -0.15) is 0 Å². The summed E-state index contributed by atoms with van der Waals surface area (Å²) < 4.78 is 0. The largest absolute Gasteiger partial charge is 0.330 e. The van der Waals surface area contributed by atoms with Crippen molar-refractivity contribution in [2.24, 2.45) is 11.7 Å². The lowest BCUT2D eigenvalue weighted by atomic mass is 10.1. The third-order valence-corrected chi connectivity index (χ3v) is 2.34. The molecule has 0 fully saturated rings. The second-order valence-electron chi connectivity index (χ2n) is 3.30. The van der Waals surface area contributed by atoms with Crippen LogP contribution in [-0.4, -0.2) is 27.5 Å². The van der Waals surface area contributed by atoms with Crippen molar-refractivity contribution in [3.63, 3.8) is 0 Å². The predicted molar refractivity (Wildman–Crippen MR) is 54.7 cm³/mol. The van der Waals surface area contributed by atoms with Crippen molar-refractivity contribution in [2.45, 2.75) is 25.4 Å². The van der Waals surface area contributed by atoms with Crippen molar-refractivity contribution in [1.29, 1.82) is 0 Å². The third-order valence-electron chi connectivity index (χ3n) is 1.46. The van der Waals surface area contributed by atoms with Crippen molar-refractivity contribution >= 4 is 11.8 Å². The van der Waals surface area contributed by atoms with Gasteiger partial charge >= 0.3 is 0 Å². The van der Waals surface area contributed by atoms with Crippen LogP contribution in [0.5, 0.6) is 0 Å². The number of aromatic amines is 1. The summed E-state index contributed by atoms with van der Waals surface area (Å²) in [6.45, 7) is 4.99. The molecule has 0 aromatic carbocycles. The van der Waals surface area contributed by atoms with E-state index in [1.807, 2.05) is 0 Å². The van der Waals surface area contributed by atoms with Crippen LogP contribution < -0.4 is 5.73 Å². The van der Waals surface area contributed by atoms with Crippen LogP contribution in [0.4, 0.5) is 0 Å². The van der Waals surface area contributed by atoms with Crippen molar-refractivity contribution in [3.8, 4) is 0 Å². The van der Waals surface area contributed by atoms with E-state index in [1.165, 1.54) is 0 Å². The molecular weight excluding hydrogens is 184 g/mol. The normalized spacial score (nSPS) is 11.1. The summed E-state index contributed by atoms with van der Waals surface area (Å²) in [5.41, 5.74) is 5.38. The molecule has 0 bridgehead atoms. The highest BCUT2D eigenvalue weighted by Gasteiger charge is 2.04. The van der Waals surface area contributed by atoms with E-state index in [-0.39, 0.29) is 0 Å². The molecule has 0 radical (unpaired) electrons. The van der Waals surface area contributed by atoms with E-state index in [0.717, 1.165) is 23.2 Å². The Labute approximate surface area is 82.7 Å². The van der Waals surface area contributed by atoms with Gasteiger partial charge in [-0.1, -0.05) is 25.6 Å². The Morgan fingerprint density at radius 1 is 1.54 bits per heavy atom. The van der Waals surface area contributed by atoms with Gasteiger partial charge in [0, 0.05) is 18.7 Å². The van der Waals surface area contributed by atoms with E-state index in [2.05, 4.69) is 29.0 Å². The second kappa shape index (κ2) is 5.24. The van der Waals surface area contributed by atoms with Crippen LogP contribution in [0, 0.1) is 5.92 Å². The highest BCUT2D eigenvalue weighted by molar-refractivity contribution is 7.99. The molecule has 0 aliphatic rings. The SMILES string of the molecule is CC(C)Cc1nc(SCCN)n[nH]1. The molecule has 5 heteroatoms. The first kappa shape index (κ1) is 10.5. The van der Waals surface area contributed by atoms with Crippen LogP contribution in [0.2, 0.25) is 0 Å². The van der Waals surface area contributed by atoms with Crippen LogP contribution >= 0.6 is 11.8 Å². The Hall–Kier alpha value is -0.550. The highest BCUT2D eigenvalue weighted by Crippen LogP contribution is 2.12. The minimum absolute atomic E-state index is 0.611. The minimum Gasteiger partial charge on any atom is -0.330 e. The van der Waals surface area contributed by atoms with Gasteiger partial charge < -0.3 is 5.73 Å². The molecule has 1 rings (SSSR count). The molecule has 3 N–H and O–H groups in total. The van der Waals surface area contributed by atoms with Gasteiger partial charge in [-0.05, 0) is 5.92 Å². The maximum Gasteiger partial charge on any atom is 0.208 e. The summed E-state index contributed by atoms with van der Waals surface area (Å²) >= 11 is 1.59. The Morgan fingerprint density at radius 2 is 2.31 bits per heavy atom. The Kier molecular flexibility index (Phi) is 4.24. The molecule has 1 heterocycles. The number of aromatic nitrogens is 3. The zero-order chi connectivity index (χ0) is 9.68. The Balaban J connectivity index is 2.44.